The third kappa shape index (κ3) is 2.99. The quantitative estimate of drug-likeness (QED) is 0.885. The van der Waals surface area contributed by atoms with Crippen LogP contribution in [0.4, 0.5) is 5.69 Å². The highest BCUT2D eigenvalue weighted by Crippen LogP contribution is 2.23. The lowest BCUT2D eigenvalue weighted by molar-refractivity contribution is 0.303. The van der Waals surface area contributed by atoms with Crippen molar-refractivity contribution in [1.29, 1.82) is 5.26 Å². The number of nitrogens with two attached hydrogens (primary N) is 1. The molecule has 0 aliphatic heterocycles. The Labute approximate surface area is 113 Å². The van der Waals surface area contributed by atoms with Gasteiger partial charge in [-0.05, 0) is 46.3 Å². The fourth-order valence-electron chi connectivity index (χ4n) is 1.39. The first-order valence-electron chi connectivity index (χ1n) is 5.22. The van der Waals surface area contributed by atoms with E-state index in [0.717, 1.165) is 10.2 Å². The molecule has 18 heavy (non-hydrogen) atoms. The molecule has 2 N–H and O–H groups in total. The van der Waals surface area contributed by atoms with Crippen LogP contribution in [-0.2, 0) is 6.61 Å². The largest absolute Gasteiger partial charge is 0.485 e. The van der Waals surface area contributed by atoms with E-state index in [-0.39, 0.29) is 0 Å². The number of nitrogens with zero attached hydrogens (tertiary/aromatic N) is 2. The lowest BCUT2D eigenvalue weighted by Gasteiger charge is -2.08. The standard InChI is InChI=1S/C13H10BrN3O/c14-10-2-3-11(17-7-10)8-18-13-4-1-9(6-15)5-12(13)16/h1-5,7H,8,16H2. The monoisotopic (exact) mass is 303 g/mol. The summed E-state index contributed by atoms with van der Waals surface area (Å²) >= 11 is 3.32. The second kappa shape index (κ2) is 5.52. The van der Waals surface area contributed by atoms with Gasteiger partial charge in [0.25, 0.3) is 0 Å². The van der Waals surface area contributed by atoms with Crippen molar-refractivity contribution in [1.82, 2.24) is 4.98 Å². The van der Waals surface area contributed by atoms with Crippen LogP contribution in [-0.4, -0.2) is 4.98 Å². The molecule has 0 amide bonds. The molecule has 0 aliphatic carbocycles. The fraction of sp³-hybridized carbons (Fsp3) is 0.0769. The average molecular weight is 304 g/mol. The van der Waals surface area contributed by atoms with Gasteiger partial charge in [-0.15, -0.1) is 0 Å². The molecule has 0 fully saturated rings. The van der Waals surface area contributed by atoms with Crippen molar-refractivity contribution in [3.63, 3.8) is 0 Å². The molecule has 2 rings (SSSR count). The number of aromatic nitrogens is 1. The summed E-state index contributed by atoms with van der Waals surface area (Å²) in [6.45, 7) is 0.337. The number of hydrogen-bond acceptors (Lipinski definition) is 4. The van der Waals surface area contributed by atoms with Gasteiger partial charge in [0.2, 0.25) is 0 Å². The predicted octanol–water partition coefficient (Wildman–Crippen LogP) is 2.88. The van der Waals surface area contributed by atoms with Crippen molar-refractivity contribution in [3.8, 4) is 11.8 Å². The summed E-state index contributed by atoms with van der Waals surface area (Å²) in [5, 5.41) is 8.73. The maximum absolute atomic E-state index is 8.73. The Morgan fingerprint density at radius 3 is 2.78 bits per heavy atom. The van der Waals surface area contributed by atoms with E-state index in [2.05, 4.69) is 20.9 Å². The topological polar surface area (TPSA) is 71.9 Å². The first-order valence-corrected chi connectivity index (χ1v) is 6.01. The molecule has 0 spiro atoms. The molecule has 0 aliphatic rings. The Bertz CT molecular complexity index is 590. The van der Waals surface area contributed by atoms with E-state index in [1.807, 2.05) is 18.2 Å². The van der Waals surface area contributed by atoms with Crippen molar-refractivity contribution in [2.24, 2.45) is 0 Å². The van der Waals surface area contributed by atoms with E-state index >= 15 is 0 Å². The first-order chi connectivity index (χ1) is 8.69. The van der Waals surface area contributed by atoms with Crippen LogP contribution in [0.3, 0.4) is 0 Å². The minimum atomic E-state index is 0.337. The van der Waals surface area contributed by atoms with Gasteiger partial charge < -0.3 is 10.5 Å². The lowest BCUT2D eigenvalue weighted by atomic mass is 10.2. The number of halogens is 1. The molecule has 1 aromatic carbocycles. The summed E-state index contributed by atoms with van der Waals surface area (Å²) < 4.78 is 6.47. The molecule has 0 radical (unpaired) electrons. The maximum Gasteiger partial charge on any atom is 0.142 e. The lowest BCUT2D eigenvalue weighted by Crippen LogP contribution is -2.00. The number of nitriles is 1. The summed E-state index contributed by atoms with van der Waals surface area (Å²) in [5.74, 6) is 0.554. The van der Waals surface area contributed by atoms with Crippen LogP contribution in [0.25, 0.3) is 0 Å². The second-order valence-corrected chi connectivity index (χ2v) is 4.54. The molecule has 4 nitrogen and oxygen atoms in total. The number of nitrogen functional groups attached to an aromatic ring is 1. The Hall–Kier alpha value is -2.06. The van der Waals surface area contributed by atoms with Crippen LogP contribution in [0.15, 0.2) is 41.0 Å². The zero-order valence-corrected chi connectivity index (χ0v) is 11.0. The zero-order valence-electron chi connectivity index (χ0n) is 9.43. The molecule has 0 saturated heterocycles. The molecule has 90 valence electrons. The van der Waals surface area contributed by atoms with E-state index in [9.17, 15) is 0 Å². The Morgan fingerprint density at radius 1 is 1.33 bits per heavy atom. The van der Waals surface area contributed by atoms with Crippen molar-refractivity contribution in [2.75, 3.05) is 5.73 Å². The first kappa shape index (κ1) is 12.4. The van der Waals surface area contributed by atoms with E-state index in [1.165, 1.54) is 0 Å². The number of rotatable bonds is 3. The predicted molar refractivity (Wildman–Crippen MR) is 71.8 cm³/mol. The third-order valence-corrected chi connectivity index (χ3v) is 2.77. The number of hydrogen-bond donors (Lipinski definition) is 1. The highest BCUT2D eigenvalue weighted by molar-refractivity contribution is 9.10. The van der Waals surface area contributed by atoms with E-state index < -0.39 is 0 Å². The molecular formula is C13H10BrN3O. The Balaban J connectivity index is 2.06. The van der Waals surface area contributed by atoms with E-state index in [0.29, 0.717) is 23.6 Å². The summed E-state index contributed by atoms with van der Waals surface area (Å²) in [6, 6.07) is 10.7. The summed E-state index contributed by atoms with van der Waals surface area (Å²) in [5.41, 5.74) is 7.55. The highest BCUT2D eigenvalue weighted by Gasteiger charge is 2.03. The second-order valence-electron chi connectivity index (χ2n) is 3.62. The van der Waals surface area contributed by atoms with E-state index in [4.69, 9.17) is 15.7 Å². The number of pyridine rings is 1. The minimum absolute atomic E-state index is 0.337. The minimum Gasteiger partial charge on any atom is -0.485 e. The molecular weight excluding hydrogens is 294 g/mol. The van der Waals surface area contributed by atoms with Gasteiger partial charge in [-0.25, -0.2) is 0 Å². The van der Waals surface area contributed by atoms with Crippen molar-refractivity contribution in [3.05, 3.63) is 52.3 Å². The number of ether oxygens (including phenoxy) is 1. The van der Waals surface area contributed by atoms with Gasteiger partial charge in [0.1, 0.15) is 12.4 Å². The van der Waals surface area contributed by atoms with Gasteiger partial charge in [-0.2, -0.15) is 5.26 Å². The summed E-state index contributed by atoms with van der Waals surface area (Å²) in [6.07, 6.45) is 1.71. The van der Waals surface area contributed by atoms with Gasteiger partial charge >= 0.3 is 0 Å². The third-order valence-electron chi connectivity index (χ3n) is 2.30. The van der Waals surface area contributed by atoms with Crippen LogP contribution in [0, 0.1) is 11.3 Å². The van der Waals surface area contributed by atoms with Gasteiger partial charge in [-0.3, -0.25) is 4.98 Å². The SMILES string of the molecule is N#Cc1ccc(OCc2ccc(Br)cn2)c(N)c1. The zero-order chi connectivity index (χ0) is 13.0. The molecule has 5 heteroatoms. The molecule has 1 heterocycles. The molecule has 0 unspecified atom stereocenters. The normalized spacial score (nSPS) is 9.78. The van der Waals surface area contributed by atoms with Gasteiger partial charge in [0.15, 0.2) is 0 Å². The fourth-order valence-corrected chi connectivity index (χ4v) is 1.63. The van der Waals surface area contributed by atoms with Crippen LogP contribution >= 0.6 is 15.9 Å². The van der Waals surface area contributed by atoms with Gasteiger partial charge in [-0.1, -0.05) is 0 Å². The average Bonchev–Trinajstić information content (AvgIpc) is 2.39. The Morgan fingerprint density at radius 2 is 2.17 bits per heavy atom. The van der Waals surface area contributed by atoms with Crippen molar-refractivity contribution >= 4 is 21.6 Å². The van der Waals surface area contributed by atoms with Gasteiger partial charge in [0.05, 0.1) is 23.0 Å². The summed E-state index contributed by atoms with van der Waals surface area (Å²) in [7, 11) is 0. The molecule has 2 aromatic rings. The van der Waals surface area contributed by atoms with Crippen LogP contribution < -0.4 is 10.5 Å². The van der Waals surface area contributed by atoms with E-state index in [1.54, 1.807) is 24.4 Å². The van der Waals surface area contributed by atoms with Crippen LogP contribution in [0.1, 0.15) is 11.3 Å². The molecule has 1 aromatic heterocycles. The molecule has 0 saturated carbocycles. The molecule has 0 atom stereocenters. The maximum atomic E-state index is 8.73. The molecule has 0 bridgehead atoms. The van der Waals surface area contributed by atoms with Crippen molar-refractivity contribution in [2.45, 2.75) is 6.61 Å². The van der Waals surface area contributed by atoms with Crippen LogP contribution in [0.2, 0.25) is 0 Å². The number of benzene rings is 1. The Kier molecular flexibility index (Phi) is 3.80. The highest BCUT2D eigenvalue weighted by atomic mass is 79.9. The summed E-state index contributed by atoms with van der Waals surface area (Å²) in [4.78, 5) is 4.19. The van der Waals surface area contributed by atoms with Gasteiger partial charge in [0, 0.05) is 10.7 Å². The smallest absolute Gasteiger partial charge is 0.142 e. The number of anilines is 1. The van der Waals surface area contributed by atoms with Crippen LogP contribution in [0.5, 0.6) is 5.75 Å². The van der Waals surface area contributed by atoms with Crippen molar-refractivity contribution < 1.29 is 4.74 Å².